The lowest BCUT2D eigenvalue weighted by molar-refractivity contribution is -0.138. The highest BCUT2D eigenvalue weighted by Gasteiger charge is 2.37. The molecule has 14 heteroatoms. The molecule has 0 spiro atoms. The van der Waals surface area contributed by atoms with Gasteiger partial charge in [-0.05, 0) is 27.0 Å². The van der Waals surface area contributed by atoms with E-state index in [2.05, 4.69) is 15.2 Å². The lowest BCUT2D eigenvalue weighted by atomic mass is 10.0. The van der Waals surface area contributed by atoms with Crippen molar-refractivity contribution in [1.29, 1.82) is 0 Å². The van der Waals surface area contributed by atoms with Gasteiger partial charge in [-0.1, -0.05) is 0 Å². The van der Waals surface area contributed by atoms with Crippen molar-refractivity contribution in [3.05, 3.63) is 63.7 Å². The highest BCUT2D eigenvalue weighted by Crippen LogP contribution is 2.41. The maximum absolute atomic E-state index is 16.3. The molecule has 0 aliphatic carbocycles. The fourth-order valence-corrected chi connectivity index (χ4v) is 4.99. The highest BCUT2D eigenvalue weighted by atomic mass is 19.4. The molecule has 2 N–H and O–H groups in total. The zero-order chi connectivity index (χ0) is 29.6. The fraction of sp³-hybridized carbons (Fsp3) is 0.370. The van der Waals surface area contributed by atoms with Crippen LogP contribution in [0.4, 0.5) is 33.3 Å². The summed E-state index contributed by atoms with van der Waals surface area (Å²) in [5, 5.41) is 2.23. The summed E-state index contributed by atoms with van der Waals surface area (Å²) in [6.07, 6.45) is -3.27. The molecule has 9 nitrogen and oxygen atoms in total. The summed E-state index contributed by atoms with van der Waals surface area (Å²) in [7, 11) is 1.91. The van der Waals surface area contributed by atoms with Crippen molar-refractivity contribution in [1.82, 2.24) is 14.9 Å². The molecule has 41 heavy (non-hydrogen) atoms. The Balaban J connectivity index is 1.65. The molecule has 1 fully saturated rings. The zero-order valence-corrected chi connectivity index (χ0v) is 22.2. The van der Waals surface area contributed by atoms with E-state index in [-0.39, 0.29) is 54.2 Å². The van der Waals surface area contributed by atoms with Crippen molar-refractivity contribution in [3.8, 4) is 22.8 Å². The van der Waals surface area contributed by atoms with Crippen LogP contribution in [0, 0.1) is 11.6 Å². The molecule has 218 valence electrons. The van der Waals surface area contributed by atoms with E-state index in [1.54, 1.807) is 4.90 Å². The van der Waals surface area contributed by atoms with Crippen LogP contribution in [0.5, 0.6) is 11.6 Å². The van der Waals surface area contributed by atoms with Gasteiger partial charge < -0.3 is 24.7 Å². The van der Waals surface area contributed by atoms with Gasteiger partial charge in [-0.3, -0.25) is 14.5 Å². The van der Waals surface area contributed by atoms with Crippen LogP contribution in [-0.2, 0) is 6.18 Å². The van der Waals surface area contributed by atoms with Gasteiger partial charge in [0.15, 0.2) is 11.6 Å². The molecule has 0 saturated carbocycles. The first kappa shape index (κ1) is 28.3. The summed E-state index contributed by atoms with van der Waals surface area (Å²) >= 11 is 0. The van der Waals surface area contributed by atoms with Crippen LogP contribution in [0.2, 0.25) is 0 Å². The predicted molar refractivity (Wildman–Crippen MR) is 139 cm³/mol. The number of benzene rings is 1. The molecule has 2 aromatic heterocycles. The first-order chi connectivity index (χ1) is 19.3. The summed E-state index contributed by atoms with van der Waals surface area (Å²) < 4.78 is 83.9. The van der Waals surface area contributed by atoms with Gasteiger partial charge in [0.2, 0.25) is 5.56 Å². The van der Waals surface area contributed by atoms with E-state index in [9.17, 15) is 22.8 Å². The van der Waals surface area contributed by atoms with Crippen LogP contribution >= 0.6 is 0 Å². The van der Waals surface area contributed by atoms with Crippen molar-refractivity contribution in [2.24, 2.45) is 0 Å². The third-order valence-electron chi connectivity index (χ3n) is 7.30. The third-order valence-corrected chi connectivity index (χ3v) is 7.30. The maximum Gasteiger partial charge on any atom is 0.417 e. The SMILES string of the molecule is CC1CN(c2cc(F)c(-c3cnc4c(c3)OCCO4)c(F)c2NC(=O)c2c[nH]c(=O)cc2C(F)(F)F)CC(C)N1C. The molecule has 2 aliphatic heterocycles. The van der Waals surface area contributed by atoms with E-state index in [4.69, 9.17) is 9.47 Å². The summed E-state index contributed by atoms with van der Waals surface area (Å²) in [5.74, 6) is -3.24. The largest absolute Gasteiger partial charge is 0.484 e. The quantitative estimate of drug-likeness (QED) is 0.445. The number of ether oxygens (including phenoxy) is 2. The molecule has 0 bridgehead atoms. The minimum atomic E-state index is -5.05. The number of carbonyl (C=O) groups excluding carboxylic acids is 1. The lowest BCUT2D eigenvalue weighted by Crippen LogP contribution is -2.55. The van der Waals surface area contributed by atoms with Crippen LogP contribution < -0.4 is 25.2 Å². The number of rotatable bonds is 4. The Morgan fingerprint density at radius 2 is 1.78 bits per heavy atom. The van der Waals surface area contributed by atoms with Crippen LogP contribution in [0.25, 0.3) is 11.1 Å². The number of halogens is 5. The smallest absolute Gasteiger partial charge is 0.417 e. The third kappa shape index (κ3) is 5.43. The summed E-state index contributed by atoms with van der Waals surface area (Å²) in [6, 6.07) is 2.51. The minimum Gasteiger partial charge on any atom is -0.484 e. The van der Waals surface area contributed by atoms with Crippen molar-refractivity contribution in [3.63, 3.8) is 0 Å². The molecule has 0 radical (unpaired) electrons. The van der Waals surface area contributed by atoms with Crippen LogP contribution in [0.1, 0.15) is 29.8 Å². The zero-order valence-electron chi connectivity index (χ0n) is 22.2. The number of anilines is 2. The number of nitrogens with zero attached hydrogens (tertiary/aromatic N) is 3. The second kappa shape index (κ2) is 10.7. The molecular weight excluding hydrogens is 553 g/mol. The number of piperazine rings is 1. The predicted octanol–water partition coefficient (Wildman–Crippen LogP) is 4.29. The van der Waals surface area contributed by atoms with Crippen molar-refractivity contribution < 1.29 is 36.2 Å². The summed E-state index contributed by atoms with van der Waals surface area (Å²) in [6.45, 7) is 4.92. The first-order valence-corrected chi connectivity index (χ1v) is 12.7. The Bertz CT molecular complexity index is 1550. The average Bonchev–Trinajstić information content (AvgIpc) is 2.92. The molecule has 1 amide bonds. The number of amides is 1. The van der Waals surface area contributed by atoms with Crippen LogP contribution in [0.3, 0.4) is 0 Å². The second-order valence-electron chi connectivity index (χ2n) is 10.0. The number of pyridine rings is 2. The molecule has 1 aromatic carbocycles. The standard InChI is InChI=1S/C27H26F5N5O4/c1-13-11-37(12-14(2)36(13)3)19-8-18(28)22(15-6-20-26(34-9-15)41-5-4-40-20)23(29)24(19)35-25(39)16-10-33-21(38)7-17(16)27(30,31)32/h6-10,13-14H,4-5,11-12H2,1-3H3,(H,33,38)(H,35,39). The normalized spacial score (nSPS) is 19.3. The van der Waals surface area contributed by atoms with Gasteiger partial charge in [-0.25, -0.2) is 13.8 Å². The first-order valence-electron chi connectivity index (χ1n) is 12.7. The van der Waals surface area contributed by atoms with E-state index in [1.165, 1.54) is 12.3 Å². The Morgan fingerprint density at radius 1 is 1.10 bits per heavy atom. The van der Waals surface area contributed by atoms with E-state index in [0.29, 0.717) is 19.3 Å². The van der Waals surface area contributed by atoms with Gasteiger partial charge in [-0.15, -0.1) is 0 Å². The van der Waals surface area contributed by atoms with Gasteiger partial charge >= 0.3 is 6.18 Å². The Morgan fingerprint density at radius 3 is 2.46 bits per heavy atom. The summed E-state index contributed by atoms with van der Waals surface area (Å²) in [5.41, 5.74) is -4.68. The molecule has 3 aromatic rings. The van der Waals surface area contributed by atoms with E-state index < -0.39 is 51.7 Å². The number of alkyl halides is 3. The van der Waals surface area contributed by atoms with E-state index in [1.807, 2.05) is 25.9 Å². The highest BCUT2D eigenvalue weighted by molar-refractivity contribution is 6.07. The molecule has 4 heterocycles. The summed E-state index contributed by atoms with van der Waals surface area (Å²) in [4.78, 5) is 34.7. The maximum atomic E-state index is 16.3. The van der Waals surface area contributed by atoms with Gasteiger partial charge in [-0.2, -0.15) is 13.2 Å². The molecule has 1 saturated heterocycles. The number of likely N-dealkylation sites (N-methyl/N-ethyl adjacent to an activating group) is 1. The number of carbonyl (C=O) groups is 1. The van der Waals surface area contributed by atoms with E-state index in [0.717, 1.165) is 6.07 Å². The Kier molecular flexibility index (Phi) is 7.36. The van der Waals surface area contributed by atoms with Crippen LogP contribution in [0.15, 0.2) is 35.4 Å². The molecule has 2 atom stereocenters. The van der Waals surface area contributed by atoms with Gasteiger partial charge in [0, 0.05) is 55.3 Å². The van der Waals surface area contributed by atoms with Crippen molar-refractivity contribution in [2.75, 3.05) is 43.6 Å². The molecule has 5 rings (SSSR count). The number of aromatic nitrogens is 2. The monoisotopic (exact) mass is 579 g/mol. The van der Waals surface area contributed by atoms with Gasteiger partial charge in [0.1, 0.15) is 24.7 Å². The second-order valence-corrected chi connectivity index (χ2v) is 10.0. The number of H-pyrrole nitrogens is 1. The number of fused-ring (bicyclic) bond motifs is 1. The van der Waals surface area contributed by atoms with Crippen LogP contribution in [-0.4, -0.2) is 66.2 Å². The number of hydrogen-bond acceptors (Lipinski definition) is 7. The molecule has 2 aliphatic rings. The lowest BCUT2D eigenvalue weighted by Gasteiger charge is -2.44. The molecular formula is C27H26F5N5O4. The Labute approximate surface area is 230 Å². The minimum absolute atomic E-state index is 0.0357. The topological polar surface area (TPSA) is 99.8 Å². The average molecular weight is 580 g/mol. The number of nitrogens with one attached hydrogen (secondary N) is 2. The molecule has 2 unspecified atom stereocenters. The van der Waals surface area contributed by atoms with E-state index >= 15 is 8.78 Å². The Hall–Kier alpha value is -4.20. The van der Waals surface area contributed by atoms with Gasteiger partial charge in [0.05, 0.1) is 22.4 Å². The van der Waals surface area contributed by atoms with Crippen molar-refractivity contribution in [2.45, 2.75) is 32.1 Å². The number of aromatic amines is 1. The van der Waals surface area contributed by atoms with Gasteiger partial charge in [0.25, 0.3) is 11.8 Å². The number of hydrogen-bond donors (Lipinski definition) is 2. The fourth-order valence-electron chi connectivity index (χ4n) is 4.99. The van der Waals surface area contributed by atoms with Crippen molar-refractivity contribution >= 4 is 17.3 Å².